The van der Waals surface area contributed by atoms with Crippen molar-refractivity contribution in [1.29, 1.82) is 0 Å². The van der Waals surface area contributed by atoms with Crippen LogP contribution in [0, 0.1) is 17.0 Å². The number of hydrogen-bond donors (Lipinski definition) is 1. The molecule has 102 valence electrons. The van der Waals surface area contributed by atoms with Crippen LogP contribution in [0.25, 0.3) is 0 Å². The van der Waals surface area contributed by atoms with Gasteiger partial charge in [-0.3, -0.25) is 19.7 Å². The zero-order valence-electron chi connectivity index (χ0n) is 10.6. The van der Waals surface area contributed by atoms with E-state index in [4.69, 9.17) is 5.11 Å². The molecular weight excluding hydrogens is 252 g/mol. The Balaban J connectivity index is 3.03. The third kappa shape index (κ3) is 3.51. The second-order valence-corrected chi connectivity index (χ2v) is 4.10. The molecule has 0 saturated heterocycles. The molecule has 19 heavy (non-hydrogen) atoms. The number of carbonyl (C=O) groups excluding carboxylic acids is 1. The van der Waals surface area contributed by atoms with Crippen molar-refractivity contribution in [1.82, 2.24) is 4.90 Å². The second kappa shape index (κ2) is 5.94. The topological polar surface area (TPSA) is 101 Å². The van der Waals surface area contributed by atoms with E-state index in [0.29, 0.717) is 5.56 Å². The molecule has 0 fully saturated rings. The molecule has 0 atom stereocenters. The number of nitro groups is 1. The van der Waals surface area contributed by atoms with Crippen molar-refractivity contribution >= 4 is 17.6 Å². The van der Waals surface area contributed by atoms with Crippen molar-refractivity contribution in [2.45, 2.75) is 13.3 Å². The molecule has 1 amide bonds. The van der Waals surface area contributed by atoms with Crippen LogP contribution in [0.5, 0.6) is 0 Å². The van der Waals surface area contributed by atoms with Crippen molar-refractivity contribution < 1.29 is 19.6 Å². The Bertz CT molecular complexity index is 527. The van der Waals surface area contributed by atoms with Crippen molar-refractivity contribution in [2.75, 3.05) is 13.6 Å². The quantitative estimate of drug-likeness (QED) is 0.642. The minimum Gasteiger partial charge on any atom is -0.481 e. The van der Waals surface area contributed by atoms with Gasteiger partial charge in [0.25, 0.3) is 11.6 Å². The van der Waals surface area contributed by atoms with E-state index in [2.05, 4.69) is 0 Å². The second-order valence-electron chi connectivity index (χ2n) is 4.10. The first-order valence-corrected chi connectivity index (χ1v) is 5.56. The van der Waals surface area contributed by atoms with E-state index in [1.807, 2.05) is 0 Å². The molecule has 1 aromatic carbocycles. The van der Waals surface area contributed by atoms with Crippen molar-refractivity contribution in [3.8, 4) is 0 Å². The highest BCUT2D eigenvalue weighted by atomic mass is 16.6. The molecule has 0 aliphatic rings. The number of carboxylic acids is 1. The SMILES string of the molecule is Cc1cccc(C(=O)N(C)CCC(=O)O)c1[N+](=O)[O-]. The van der Waals surface area contributed by atoms with Gasteiger partial charge in [-0.25, -0.2) is 0 Å². The van der Waals surface area contributed by atoms with E-state index < -0.39 is 16.8 Å². The minimum absolute atomic E-state index is 0.000731. The van der Waals surface area contributed by atoms with E-state index in [1.54, 1.807) is 19.1 Å². The molecule has 0 saturated carbocycles. The molecule has 1 rings (SSSR count). The highest BCUT2D eigenvalue weighted by Crippen LogP contribution is 2.24. The molecule has 1 aromatic rings. The Morgan fingerprint density at radius 1 is 1.42 bits per heavy atom. The number of nitro benzene ring substituents is 1. The van der Waals surface area contributed by atoms with Crippen LogP contribution in [-0.4, -0.2) is 40.4 Å². The molecular formula is C12H14N2O5. The van der Waals surface area contributed by atoms with Gasteiger partial charge in [-0.15, -0.1) is 0 Å². The highest BCUT2D eigenvalue weighted by Gasteiger charge is 2.24. The number of nitrogens with zero attached hydrogens (tertiary/aromatic N) is 2. The Labute approximate surface area is 109 Å². The monoisotopic (exact) mass is 266 g/mol. The fourth-order valence-electron chi connectivity index (χ4n) is 1.64. The number of aryl methyl sites for hydroxylation is 1. The standard InChI is InChI=1S/C12H14N2O5/c1-8-4-3-5-9(11(8)14(18)19)12(17)13(2)7-6-10(15)16/h3-5H,6-7H2,1-2H3,(H,15,16). The molecule has 0 heterocycles. The number of rotatable bonds is 5. The lowest BCUT2D eigenvalue weighted by molar-refractivity contribution is -0.385. The molecule has 0 bridgehead atoms. The Morgan fingerprint density at radius 3 is 2.58 bits per heavy atom. The van der Waals surface area contributed by atoms with Crippen molar-refractivity contribution in [3.63, 3.8) is 0 Å². The smallest absolute Gasteiger partial charge is 0.305 e. The average Bonchev–Trinajstić information content (AvgIpc) is 2.34. The zero-order valence-corrected chi connectivity index (χ0v) is 10.6. The molecule has 0 aromatic heterocycles. The molecule has 0 aliphatic heterocycles. The summed E-state index contributed by atoms with van der Waals surface area (Å²) in [5, 5.41) is 19.5. The Kier molecular flexibility index (Phi) is 4.57. The summed E-state index contributed by atoms with van der Waals surface area (Å²) in [6.45, 7) is 1.55. The number of carbonyl (C=O) groups is 2. The number of para-hydroxylation sites is 1. The van der Waals surface area contributed by atoms with Crippen LogP contribution in [0.15, 0.2) is 18.2 Å². The van der Waals surface area contributed by atoms with Crippen LogP contribution in [0.1, 0.15) is 22.3 Å². The summed E-state index contributed by atoms with van der Waals surface area (Å²) >= 11 is 0. The summed E-state index contributed by atoms with van der Waals surface area (Å²) in [6, 6.07) is 4.47. The normalized spacial score (nSPS) is 10.0. The maximum atomic E-state index is 12.1. The fraction of sp³-hybridized carbons (Fsp3) is 0.333. The summed E-state index contributed by atoms with van der Waals surface area (Å²) in [5.41, 5.74) is 0.120. The predicted octanol–water partition coefficient (Wildman–Crippen LogP) is 1.45. The molecule has 7 nitrogen and oxygen atoms in total. The van der Waals surface area contributed by atoms with E-state index in [1.165, 1.54) is 13.1 Å². The summed E-state index contributed by atoms with van der Waals surface area (Å²) in [7, 11) is 1.41. The largest absolute Gasteiger partial charge is 0.481 e. The molecule has 0 spiro atoms. The summed E-state index contributed by atoms with van der Waals surface area (Å²) in [6.07, 6.45) is -0.206. The van der Waals surface area contributed by atoms with Gasteiger partial charge in [-0.05, 0) is 13.0 Å². The van der Waals surface area contributed by atoms with Gasteiger partial charge >= 0.3 is 5.97 Å². The lowest BCUT2D eigenvalue weighted by atomic mass is 10.1. The van der Waals surface area contributed by atoms with E-state index in [9.17, 15) is 19.7 Å². The van der Waals surface area contributed by atoms with Gasteiger partial charge in [0.15, 0.2) is 0 Å². The average molecular weight is 266 g/mol. The van der Waals surface area contributed by atoms with Gasteiger partial charge < -0.3 is 10.0 Å². The van der Waals surface area contributed by atoms with Gasteiger partial charge in [0.1, 0.15) is 5.56 Å². The molecule has 0 aliphatic carbocycles. The van der Waals surface area contributed by atoms with Gasteiger partial charge in [-0.1, -0.05) is 12.1 Å². The number of carboxylic acid groups (broad SMARTS) is 1. The predicted molar refractivity (Wildman–Crippen MR) is 67.0 cm³/mol. The third-order valence-electron chi connectivity index (χ3n) is 2.66. The van der Waals surface area contributed by atoms with Crippen molar-refractivity contribution in [2.24, 2.45) is 0 Å². The third-order valence-corrected chi connectivity index (χ3v) is 2.66. The van der Waals surface area contributed by atoms with Crippen LogP contribution < -0.4 is 0 Å². The maximum Gasteiger partial charge on any atom is 0.305 e. The van der Waals surface area contributed by atoms with E-state index >= 15 is 0 Å². The number of amides is 1. The summed E-state index contributed by atoms with van der Waals surface area (Å²) < 4.78 is 0. The zero-order chi connectivity index (χ0) is 14.6. The lowest BCUT2D eigenvalue weighted by Gasteiger charge is -2.16. The Morgan fingerprint density at radius 2 is 2.05 bits per heavy atom. The fourth-order valence-corrected chi connectivity index (χ4v) is 1.64. The summed E-state index contributed by atoms with van der Waals surface area (Å²) in [5.74, 6) is -1.59. The first kappa shape index (κ1) is 14.6. The number of aliphatic carboxylic acids is 1. The van der Waals surface area contributed by atoms with E-state index in [-0.39, 0.29) is 24.2 Å². The lowest BCUT2D eigenvalue weighted by Crippen LogP contribution is -2.29. The molecule has 1 N–H and O–H groups in total. The highest BCUT2D eigenvalue weighted by molar-refractivity contribution is 5.98. The summed E-state index contributed by atoms with van der Waals surface area (Å²) in [4.78, 5) is 34.0. The molecule has 0 unspecified atom stereocenters. The maximum absolute atomic E-state index is 12.1. The van der Waals surface area contributed by atoms with Crippen LogP contribution in [0.2, 0.25) is 0 Å². The number of benzene rings is 1. The number of hydrogen-bond acceptors (Lipinski definition) is 4. The van der Waals surface area contributed by atoms with Crippen LogP contribution in [-0.2, 0) is 4.79 Å². The van der Waals surface area contributed by atoms with Crippen LogP contribution in [0.4, 0.5) is 5.69 Å². The Hall–Kier alpha value is -2.44. The van der Waals surface area contributed by atoms with Gasteiger partial charge in [0.05, 0.1) is 11.3 Å². The van der Waals surface area contributed by atoms with E-state index in [0.717, 1.165) is 4.90 Å². The first-order chi connectivity index (χ1) is 8.84. The van der Waals surface area contributed by atoms with Gasteiger partial charge in [0, 0.05) is 19.2 Å². The molecule has 0 radical (unpaired) electrons. The van der Waals surface area contributed by atoms with Crippen LogP contribution >= 0.6 is 0 Å². The first-order valence-electron chi connectivity index (χ1n) is 5.56. The van der Waals surface area contributed by atoms with Crippen molar-refractivity contribution in [3.05, 3.63) is 39.4 Å². The molecule has 7 heteroatoms. The van der Waals surface area contributed by atoms with Gasteiger partial charge in [0.2, 0.25) is 0 Å². The van der Waals surface area contributed by atoms with Crippen LogP contribution in [0.3, 0.4) is 0 Å². The van der Waals surface area contributed by atoms with Gasteiger partial charge in [-0.2, -0.15) is 0 Å². The minimum atomic E-state index is -1.03.